The van der Waals surface area contributed by atoms with Gasteiger partial charge in [-0.25, -0.2) is 9.67 Å². The summed E-state index contributed by atoms with van der Waals surface area (Å²) in [7, 11) is 0. The van der Waals surface area contributed by atoms with Crippen molar-refractivity contribution in [1.82, 2.24) is 25.2 Å². The first-order chi connectivity index (χ1) is 10.9. The van der Waals surface area contributed by atoms with Gasteiger partial charge in [-0.15, -0.1) is 5.10 Å². The van der Waals surface area contributed by atoms with Gasteiger partial charge in [-0.1, -0.05) is 32.5 Å². The maximum absolute atomic E-state index is 5.88. The molecule has 0 saturated carbocycles. The molecular weight excluding hydrogens is 314 g/mol. The Kier molecular flexibility index (Phi) is 4.25. The molecule has 3 aromatic rings. The molecule has 3 aromatic heterocycles. The lowest BCUT2D eigenvalue weighted by atomic mass is 9.94. The van der Waals surface area contributed by atoms with Crippen LogP contribution < -0.4 is 0 Å². The molecule has 23 heavy (non-hydrogen) atoms. The summed E-state index contributed by atoms with van der Waals surface area (Å²) in [5.41, 5.74) is -0.0590. The molecule has 0 aliphatic carbocycles. The number of nitrogens with zero attached hydrogens (tertiary/aromatic N) is 5. The van der Waals surface area contributed by atoms with Gasteiger partial charge in [0.25, 0.3) is 0 Å². The van der Waals surface area contributed by atoms with Gasteiger partial charge in [-0.3, -0.25) is 0 Å². The first kappa shape index (κ1) is 15.8. The van der Waals surface area contributed by atoms with Crippen LogP contribution in [0, 0.1) is 0 Å². The van der Waals surface area contributed by atoms with Gasteiger partial charge in [0.15, 0.2) is 0 Å². The van der Waals surface area contributed by atoms with Crippen LogP contribution >= 0.6 is 11.8 Å². The number of thioether (sulfide) groups is 1. The molecule has 3 heterocycles. The smallest absolute Gasteiger partial charge is 0.210 e. The van der Waals surface area contributed by atoms with Crippen LogP contribution in [0.3, 0.4) is 0 Å². The van der Waals surface area contributed by atoms with Gasteiger partial charge in [0.1, 0.15) is 18.1 Å². The molecule has 0 aliphatic rings. The minimum atomic E-state index is -0.0590. The number of furan rings is 1. The Morgan fingerprint density at radius 2 is 2.17 bits per heavy atom. The Balaban J connectivity index is 1.72. The Morgan fingerprint density at radius 3 is 2.83 bits per heavy atom. The average molecular weight is 333 g/mol. The summed E-state index contributed by atoms with van der Waals surface area (Å²) in [5, 5.41) is 12.5. The first-order valence-electron chi connectivity index (χ1n) is 7.35. The zero-order valence-corrected chi connectivity index (χ0v) is 14.4. The molecule has 0 saturated heterocycles. The summed E-state index contributed by atoms with van der Waals surface area (Å²) in [6.45, 7) is 8.81. The summed E-state index contributed by atoms with van der Waals surface area (Å²) in [5.74, 6) is 2.35. The summed E-state index contributed by atoms with van der Waals surface area (Å²) in [6.07, 6.45) is 3.42. The minimum absolute atomic E-state index is 0.00690. The lowest BCUT2D eigenvalue weighted by molar-refractivity contribution is 0.383. The highest BCUT2D eigenvalue weighted by atomic mass is 32.2. The SMILES string of the molecule is C[C@@H](Sc1nnnn1Cc1ccco1)c1ncc(C(C)(C)C)o1. The summed E-state index contributed by atoms with van der Waals surface area (Å²) >= 11 is 1.50. The topological polar surface area (TPSA) is 82.8 Å². The number of hydrogen-bond acceptors (Lipinski definition) is 7. The largest absolute Gasteiger partial charge is 0.467 e. The third-order valence-corrected chi connectivity index (χ3v) is 4.34. The highest BCUT2D eigenvalue weighted by Gasteiger charge is 2.23. The number of hydrogen-bond donors (Lipinski definition) is 0. The molecule has 1 atom stereocenters. The van der Waals surface area contributed by atoms with Crippen molar-refractivity contribution in [2.75, 3.05) is 0 Å². The Morgan fingerprint density at radius 1 is 1.35 bits per heavy atom. The van der Waals surface area contributed by atoms with Crippen LogP contribution in [0.15, 0.2) is 38.6 Å². The van der Waals surface area contributed by atoms with E-state index in [1.54, 1.807) is 17.1 Å². The molecule has 0 aromatic carbocycles. The lowest BCUT2D eigenvalue weighted by Gasteiger charge is -2.13. The van der Waals surface area contributed by atoms with Gasteiger partial charge < -0.3 is 8.83 Å². The van der Waals surface area contributed by atoms with E-state index in [-0.39, 0.29) is 10.7 Å². The van der Waals surface area contributed by atoms with E-state index in [1.165, 1.54) is 11.8 Å². The second-order valence-corrected chi connectivity index (χ2v) is 7.58. The summed E-state index contributed by atoms with van der Waals surface area (Å²) in [6, 6.07) is 3.74. The van der Waals surface area contributed by atoms with Gasteiger partial charge >= 0.3 is 0 Å². The van der Waals surface area contributed by atoms with Crippen molar-refractivity contribution in [2.45, 2.75) is 50.1 Å². The van der Waals surface area contributed by atoms with Crippen LogP contribution in [-0.2, 0) is 12.0 Å². The molecule has 8 heteroatoms. The number of oxazole rings is 1. The molecule has 0 aliphatic heterocycles. The number of rotatable bonds is 5. The fraction of sp³-hybridized carbons (Fsp3) is 0.467. The molecule has 0 spiro atoms. The maximum atomic E-state index is 5.88. The molecule has 0 amide bonds. The van der Waals surface area contributed by atoms with Crippen LogP contribution in [0.4, 0.5) is 0 Å². The van der Waals surface area contributed by atoms with E-state index in [4.69, 9.17) is 8.83 Å². The van der Waals surface area contributed by atoms with Crippen LogP contribution in [0.5, 0.6) is 0 Å². The van der Waals surface area contributed by atoms with Crippen molar-refractivity contribution >= 4 is 11.8 Å². The predicted molar refractivity (Wildman–Crippen MR) is 85.1 cm³/mol. The van der Waals surface area contributed by atoms with E-state index in [0.717, 1.165) is 11.5 Å². The van der Waals surface area contributed by atoms with Gasteiger partial charge in [0.2, 0.25) is 11.0 Å². The van der Waals surface area contributed by atoms with Gasteiger partial charge in [-0.05, 0) is 29.5 Å². The molecule has 0 fully saturated rings. The first-order valence-corrected chi connectivity index (χ1v) is 8.23. The van der Waals surface area contributed by atoms with E-state index < -0.39 is 0 Å². The second kappa shape index (κ2) is 6.19. The Labute approximate surface area is 138 Å². The van der Waals surface area contributed by atoms with Crippen LogP contribution in [-0.4, -0.2) is 25.2 Å². The van der Waals surface area contributed by atoms with Crippen LogP contribution in [0.25, 0.3) is 0 Å². The van der Waals surface area contributed by atoms with E-state index in [1.807, 2.05) is 19.1 Å². The second-order valence-electron chi connectivity index (χ2n) is 6.27. The highest BCUT2D eigenvalue weighted by molar-refractivity contribution is 7.99. The molecule has 0 bridgehead atoms. The van der Waals surface area contributed by atoms with Crippen molar-refractivity contribution in [3.8, 4) is 0 Å². The minimum Gasteiger partial charge on any atom is -0.467 e. The number of tetrazole rings is 1. The fourth-order valence-corrected chi connectivity index (χ4v) is 2.79. The molecule has 0 unspecified atom stereocenters. The molecule has 3 rings (SSSR count). The zero-order chi connectivity index (χ0) is 16.4. The Bertz CT molecular complexity index is 757. The van der Waals surface area contributed by atoms with Gasteiger partial charge in [0.05, 0.1) is 17.7 Å². The molecule has 0 N–H and O–H groups in total. The maximum Gasteiger partial charge on any atom is 0.210 e. The normalized spacial score (nSPS) is 13.4. The summed E-state index contributed by atoms with van der Waals surface area (Å²) < 4.78 is 12.9. The number of aromatic nitrogens is 5. The van der Waals surface area contributed by atoms with Crippen molar-refractivity contribution < 1.29 is 8.83 Å². The molecule has 122 valence electrons. The zero-order valence-electron chi connectivity index (χ0n) is 13.6. The third kappa shape index (κ3) is 3.64. The average Bonchev–Trinajstić information content (AvgIpc) is 3.20. The van der Waals surface area contributed by atoms with Crippen molar-refractivity contribution in [3.63, 3.8) is 0 Å². The van der Waals surface area contributed by atoms with E-state index in [9.17, 15) is 0 Å². The predicted octanol–water partition coefficient (Wildman–Crippen LogP) is 3.45. The van der Waals surface area contributed by atoms with Gasteiger partial charge in [-0.2, -0.15) is 0 Å². The van der Waals surface area contributed by atoms with Crippen molar-refractivity contribution in [3.05, 3.63) is 42.0 Å². The third-order valence-electron chi connectivity index (χ3n) is 3.28. The van der Waals surface area contributed by atoms with E-state index in [2.05, 4.69) is 41.3 Å². The highest BCUT2D eigenvalue weighted by Crippen LogP contribution is 2.34. The standard InChI is InChI=1S/C15H19N5O2S/c1-10(13-16-8-12(22-13)15(2,3)4)23-14-17-18-19-20(14)9-11-6-5-7-21-11/h5-8,10H,9H2,1-4H3/t10-/m1/s1. The van der Waals surface area contributed by atoms with E-state index >= 15 is 0 Å². The molecule has 7 nitrogen and oxygen atoms in total. The van der Waals surface area contributed by atoms with E-state index in [0.29, 0.717) is 17.6 Å². The van der Waals surface area contributed by atoms with Crippen LogP contribution in [0.2, 0.25) is 0 Å². The summed E-state index contributed by atoms with van der Waals surface area (Å²) in [4.78, 5) is 4.38. The van der Waals surface area contributed by atoms with Crippen LogP contribution in [0.1, 0.15) is 50.4 Å². The van der Waals surface area contributed by atoms with Crippen molar-refractivity contribution in [2.24, 2.45) is 0 Å². The molecular formula is C15H19N5O2S. The fourth-order valence-electron chi connectivity index (χ4n) is 1.96. The Hall–Kier alpha value is -2.09. The monoisotopic (exact) mass is 333 g/mol. The van der Waals surface area contributed by atoms with Crippen molar-refractivity contribution in [1.29, 1.82) is 0 Å². The lowest BCUT2D eigenvalue weighted by Crippen LogP contribution is -2.09. The quantitative estimate of drug-likeness (QED) is 0.661. The van der Waals surface area contributed by atoms with Gasteiger partial charge in [0, 0.05) is 5.41 Å². The molecule has 0 radical (unpaired) electrons.